The van der Waals surface area contributed by atoms with E-state index in [-0.39, 0.29) is 0 Å². The molecule has 1 atom stereocenters. The summed E-state index contributed by atoms with van der Waals surface area (Å²) in [6.45, 7) is 4.39. The summed E-state index contributed by atoms with van der Waals surface area (Å²) in [5, 5.41) is 3.62. The van der Waals surface area contributed by atoms with Crippen molar-refractivity contribution in [3.63, 3.8) is 0 Å². The first-order valence-electron chi connectivity index (χ1n) is 5.77. The van der Waals surface area contributed by atoms with E-state index in [1.807, 2.05) is 17.8 Å². The van der Waals surface area contributed by atoms with Gasteiger partial charge < -0.3 is 10.1 Å². The lowest BCUT2D eigenvalue weighted by molar-refractivity contribution is 0.409. The zero-order chi connectivity index (χ0) is 11.5. The Kier molecular flexibility index (Phi) is 3.77. The van der Waals surface area contributed by atoms with Crippen LogP contribution in [0.3, 0.4) is 0 Å². The fourth-order valence-electron chi connectivity index (χ4n) is 2.07. The van der Waals surface area contributed by atoms with E-state index in [2.05, 4.69) is 31.3 Å². The summed E-state index contributed by atoms with van der Waals surface area (Å²) in [6, 6.07) is 7.39. The third-order valence-electron chi connectivity index (χ3n) is 2.79. The molecule has 0 saturated carbocycles. The minimum Gasteiger partial charge on any atom is -0.497 e. The molecule has 0 saturated heterocycles. The molecule has 0 fully saturated rings. The number of benzene rings is 1. The Morgan fingerprint density at radius 3 is 2.94 bits per heavy atom. The van der Waals surface area contributed by atoms with Gasteiger partial charge in [-0.3, -0.25) is 0 Å². The molecule has 0 aromatic heterocycles. The molecule has 1 aliphatic rings. The van der Waals surface area contributed by atoms with Crippen LogP contribution in [0.5, 0.6) is 5.75 Å². The zero-order valence-corrected chi connectivity index (χ0v) is 10.9. The molecule has 88 valence electrons. The van der Waals surface area contributed by atoms with Crippen LogP contribution < -0.4 is 10.1 Å². The maximum atomic E-state index is 5.30. The van der Waals surface area contributed by atoms with Gasteiger partial charge in [-0.25, -0.2) is 0 Å². The van der Waals surface area contributed by atoms with E-state index in [4.69, 9.17) is 4.74 Å². The highest BCUT2D eigenvalue weighted by molar-refractivity contribution is 7.99. The maximum absolute atomic E-state index is 5.30. The molecule has 0 radical (unpaired) electrons. The molecule has 1 aliphatic heterocycles. The van der Waals surface area contributed by atoms with E-state index in [1.54, 1.807) is 7.11 Å². The van der Waals surface area contributed by atoms with Gasteiger partial charge >= 0.3 is 0 Å². The van der Waals surface area contributed by atoms with Crippen LogP contribution in [0.2, 0.25) is 0 Å². The molecule has 3 heteroatoms. The molecule has 1 unspecified atom stereocenters. The van der Waals surface area contributed by atoms with E-state index in [1.165, 1.54) is 22.6 Å². The lowest BCUT2D eigenvalue weighted by Crippen LogP contribution is -2.30. The molecule has 0 bridgehead atoms. The summed E-state index contributed by atoms with van der Waals surface area (Å²) in [5.74, 6) is 2.15. The minimum absolute atomic E-state index is 0.478. The number of hydrogen-bond donors (Lipinski definition) is 1. The second-order valence-corrected chi connectivity index (χ2v) is 5.55. The molecule has 1 aromatic rings. The summed E-state index contributed by atoms with van der Waals surface area (Å²) in [6.07, 6.45) is 1.20. The first-order valence-corrected chi connectivity index (χ1v) is 6.76. The molecule has 0 amide bonds. The van der Waals surface area contributed by atoms with Crippen LogP contribution in [0.4, 0.5) is 0 Å². The lowest BCUT2D eigenvalue weighted by Gasteiger charge is -2.28. The molecule has 16 heavy (non-hydrogen) atoms. The summed E-state index contributed by atoms with van der Waals surface area (Å²) < 4.78 is 5.30. The van der Waals surface area contributed by atoms with Crippen molar-refractivity contribution in [2.45, 2.75) is 37.2 Å². The molecule has 1 aromatic carbocycles. The molecular weight excluding hydrogens is 218 g/mol. The monoisotopic (exact) mass is 237 g/mol. The average Bonchev–Trinajstić information content (AvgIpc) is 2.28. The number of hydrogen-bond acceptors (Lipinski definition) is 3. The summed E-state index contributed by atoms with van der Waals surface area (Å²) in [7, 11) is 1.72. The summed E-state index contributed by atoms with van der Waals surface area (Å²) in [5.41, 5.74) is 1.39. The lowest BCUT2D eigenvalue weighted by atomic mass is 10.0. The van der Waals surface area contributed by atoms with Gasteiger partial charge in [0.05, 0.1) is 7.11 Å². The van der Waals surface area contributed by atoms with Crippen LogP contribution in [-0.4, -0.2) is 18.9 Å². The Hall–Kier alpha value is -0.670. The molecule has 0 aliphatic carbocycles. The normalized spacial score (nSPS) is 19.6. The third kappa shape index (κ3) is 2.53. The second kappa shape index (κ2) is 5.11. The van der Waals surface area contributed by atoms with Crippen LogP contribution in [0.1, 0.15) is 31.9 Å². The van der Waals surface area contributed by atoms with E-state index < -0.39 is 0 Å². The van der Waals surface area contributed by atoms with E-state index >= 15 is 0 Å². The standard InChI is InChI=1S/C13H19NOS/c1-9(2)14-12-6-7-16-13-5-4-10(15-3)8-11(12)13/h4-5,8-9,12,14H,6-7H2,1-3H3. The van der Waals surface area contributed by atoms with E-state index in [9.17, 15) is 0 Å². The zero-order valence-electron chi connectivity index (χ0n) is 10.1. The highest BCUT2D eigenvalue weighted by Crippen LogP contribution is 2.38. The Morgan fingerprint density at radius 1 is 1.44 bits per heavy atom. The maximum Gasteiger partial charge on any atom is 0.119 e. The third-order valence-corrected chi connectivity index (χ3v) is 3.91. The van der Waals surface area contributed by atoms with E-state index in [0.717, 1.165) is 5.75 Å². The summed E-state index contributed by atoms with van der Waals surface area (Å²) in [4.78, 5) is 1.39. The Balaban J connectivity index is 2.28. The molecule has 2 rings (SSSR count). The molecule has 2 nitrogen and oxygen atoms in total. The van der Waals surface area contributed by atoms with Crippen molar-refractivity contribution in [3.05, 3.63) is 23.8 Å². The predicted molar refractivity (Wildman–Crippen MR) is 69.3 cm³/mol. The van der Waals surface area contributed by atoms with Crippen molar-refractivity contribution in [2.24, 2.45) is 0 Å². The molecule has 1 N–H and O–H groups in total. The van der Waals surface area contributed by atoms with Gasteiger partial charge in [-0.2, -0.15) is 0 Å². The predicted octanol–water partition coefficient (Wildman–Crippen LogP) is 3.23. The van der Waals surface area contributed by atoms with Gasteiger partial charge in [0.15, 0.2) is 0 Å². The quantitative estimate of drug-likeness (QED) is 0.872. The molecule has 0 spiro atoms. The fourth-order valence-corrected chi connectivity index (χ4v) is 3.18. The van der Waals surface area contributed by atoms with Crippen molar-refractivity contribution in [1.29, 1.82) is 0 Å². The van der Waals surface area contributed by atoms with Crippen molar-refractivity contribution in [3.8, 4) is 5.75 Å². The number of nitrogens with one attached hydrogen (secondary N) is 1. The van der Waals surface area contributed by atoms with Gasteiger partial charge in [0.1, 0.15) is 5.75 Å². The van der Waals surface area contributed by atoms with Gasteiger partial charge in [0.25, 0.3) is 0 Å². The Labute approximate surface area is 102 Å². The first kappa shape index (κ1) is 11.8. The Bertz CT molecular complexity index is 365. The number of fused-ring (bicyclic) bond motifs is 1. The number of ether oxygens (including phenoxy) is 1. The minimum atomic E-state index is 0.478. The van der Waals surface area contributed by atoms with Crippen molar-refractivity contribution < 1.29 is 4.74 Å². The number of rotatable bonds is 3. The molecule has 1 heterocycles. The fraction of sp³-hybridized carbons (Fsp3) is 0.538. The summed E-state index contributed by atoms with van der Waals surface area (Å²) >= 11 is 1.94. The van der Waals surface area contributed by atoms with Crippen LogP contribution in [0.25, 0.3) is 0 Å². The second-order valence-electron chi connectivity index (χ2n) is 4.41. The first-order chi connectivity index (χ1) is 7.70. The number of methoxy groups -OCH3 is 1. The van der Waals surface area contributed by atoms with Gasteiger partial charge in [-0.05, 0) is 35.9 Å². The topological polar surface area (TPSA) is 21.3 Å². The molecular formula is C13H19NOS. The van der Waals surface area contributed by atoms with Gasteiger partial charge in [-0.15, -0.1) is 11.8 Å². The van der Waals surface area contributed by atoms with Crippen LogP contribution in [0, 0.1) is 0 Å². The highest BCUT2D eigenvalue weighted by Gasteiger charge is 2.21. The van der Waals surface area contributed by atoms with Crippen LogP contribution >= 0.6 is 11.8 Å². The van der Waals surface area contributed by atoms with Gasteiger partial charge in [-0.1, -0.05) is 13.8 Å². The SMILES string of the molecule is COc1ccc2c(c1)C(NC(C)C)CCS2. The Morgan fingerprint density at radius 2 is 2.25 bits per heavy atom. The van der Waals surface area contributed by atoms with Gasteiger partial charge in [0.2, 0.25) is 0 Å². The van der Waals surface area contributed by atoms with E-state index in [0.29, 0.717) is 12.1 Å². The van der Waals surface area contributed by atoms with Crippen LogP contribution in [0.15, 0.2) is 23.1 Å². The van der Waals surface area contributed by atoms with Crippen molar-refractivity contribution >= 4 is 11.8 Å². The number of thioether (sulfide) groups is 1. The largest absolute Gasteiger partial charge is 0.497 e. The average molecular weight is 237 g/mol. The van der Waals surface area contributed by atoms with Crippen LogP contribution in [-0.2, 0) is 0 Å². The van der Waals surface area contributed by atoms with Crippen molar-refractivity contribution in [1.82, 2.24) is 5.32 Å². The smallest absolute Gasteiger partial charge is 0.119 e. The van der Waals surface area contributed by atoms with Crippen molar-refractivity contribution in [2.75, 3.05) is 12.9 Å². The van der Waals surface area contributed by atoms with Gasteiger partial charge in [0, 0.05) is 17.0 Å². The highest BCUT2D eigenvalue weighted by atomic mass is 32.2.